The Labute approximate surface area is 229 Å². The van der Waals surface area contributed by atoms with Gasteiger partial charge in [0, 0.05) is 67.7 Å². The molecule has 0 spiro atoms. The van der Waals surface area contributed by atoms with Crippen molar-refractivity contribution in [2.75, 3.05) is 54.8 Å². The summed E-state index contributed by atoms with van der Waals surface area (Å²) < 4.78 is 30.3. The predicted octanol–water partition coefficient (Wildman–Crippen LogP) is 5.33. The Morgan fingerprint density at radius 2 is 1.85 bits per heavy atom. The second-order valence-electron chi connectivity index (χ2n) is 9.30. The van der Waals surface area contributed by atoms with Gasteiger partial charge in [-0.15, -0.1) is 0 Å². The number of nitrogens with one attached hydrogen (secondary N) is 2. The fourth-order valence-corrected chi connectivity index (χ4v) is 4.70. The Bertz CT molecular complexity index is 1570. The number of rotatable bonds is 9. The molecule has 4 aromatic rings. The van der Waals surface area contributed by atoms with E-state index in [2.05, 4.69) is 37.3 Å². The first kappa shape index (κ1) is 26.8. The number of anilines is 4. The largest absolute Gasteiger partial charge is 0.367 e. The van der Waals surface area contributed by atoms with Crippen molar-refractivity contribution >= 4 is 39.8 Å². The van der Waals surface area contributed by atoms with E-state index in [0.29, 0.717) is 43.9 Å². The minimum atomic E-state index is -0.633. The molecule has 0 radical (unpaired) electrons. The molecule has 0 saturated carbocycles. The lowest BCUT2D eigenvalue weighted by molar-refractivity contribution is -0.111. The Balaban J connectivity index is 1.38. The Kier molecular flexibility index (Phi) is 8.02. The van der Waals surface area contributed by atoms with Crippen LogP contribution < -0.4 is 15.5 Å². The zero-order chi connectivity index (χ0) is 28.1. The number of carbonyl (C=O) groups is 1. The smallest absolute Gasteiger partial charge is 0.247 e. The summed E-state index contributed by atoms with van der Waals surface area (Å²) in [4.78, 5) is 34.9. The van der Waals surface area contributed by atoms with E-state index in [4.69, 9.17) is 0 Å². The van der Waals surface area contributed by atoms with E-state index in [1.807, 2.05) is 36.4 Å². The molecule has 0 atom stereocenters. The molecule has 0 bridgehead atoms. The Hall–Kier alpha value is -4.77. The fourth-order valence-electron chi connectivity index (χ4n) is 4.70. The average molecular weight is 544 g/mol. The van der Waals surface area contributed by atoms with Gasteiger partial charge >= 0.3 is 0 Å². The number of hydrogen-bond acceptors (Lipinski definition) is 8. The van der Waals surface area contributed by atoms with Crippen LogP contribution in [0.15, 0.2) is 78.6 Å². The van der Waals surface area contributed by atoms with Crippen LogP contribution in [-0.4, -0.2) is 60.0 Å². The first-order chi connectivity index (χ1) is 19.4. The minimum Gasteiger partial charge on any atom is -0.367 e. The van der Waals surface area contributed by atoms with Crippen molar-refractivity contribution < 1.29 is 13.6 Å². The minimum absolute atomic E-state index is 0.0806. The van der Waals surface area contributed by atoms with Crippen molar-refractivity contribution in [3.8, 4) is 11.1 Å². The molecule has 3 aromatic carbocycles. The summed E-state index contributed by atoms with van der Waals surface area (Å²) in [5.41, 5.74) is 2.89. The molecule has 1 aromatic heterocycles. The number of carbonyl (C=O) groups excluding carboxylic acids is 1. The number of halogens is 2. The van der Waals surface area contributed by atoms with E-state index >= 15 is 8.78 Å². The van der Waals surface area contributed by atoms with Crippen LogP contribution in [0.4, 0.5) is 31.8 Å². The Morgan fingerprint density at radius 3 is 2.62 bits per heavy atom. The first-order valence-corrected chi connectivity index (χ1v) is 12.8. The number of amides is 1. The maximum atomic E-state index is 15.1. The lowest BCUT2D eigenvalue weighted by Gasteiger charge is -2.35. The third-order valence-corrected chi connectivity index (χ3v) is 6.74. The number of benzene rings is 3. The molecule has 1 aliphatic heterocycles. The van der Waals surface area contributed by atoms with Crippen molar-refractivity contribution in [2.45, 2.75) is 0 Å². The second-order valence-corrected chi connectivity index (χ2v) is 9.30. The fraction of sp³-hybridized carbons (Fsp3) is 0.207. The number of hydrogen-bond donors (Lipinski definition) is 2. The van der Waals surface area contributed by atoms with Gasteiger partial charge in [-0.2, -0.15) is 4.91 Å². The van der Waals surface area contributed by atoms with Crippen LogP contribution in [-0.2, 0) is 4.79 Å². The van der Waals surface area contributed by atoms with Crippen molar-refractivity contribution in [1.82, 2.24) is 14.9 Å². The van der Waals surface area contributed by atoms with Crippen LogP contribution in [0, 0.1) is 16.5 Å². The van der Waals surface area contributed by atoms with Crippen LogP contribution >= 0.6 is 0 Å². The van der Waals surface area contributed by atoms with Crippen molar-refractivity contribution in [3.05, 3.63) is 90.0 Å². The zero-order valence-electron chi connectivity index (χ0n) is 21.6. The summed E-state index contributed by atoms with van der Waals surface area (Å²) in [6.45, 7) is 6.53. The van der Waals surface area contributed by atoms with Crippen molar-refractivity contribution in [3.63, 3.8) is 0 Å². The van der Waals surface area contributed by atoms with E-state index in [1.165, 1.54) is 12.1 Å². The lowest BCUT2D eigenvalue weighted by atomic mass is 10.0. The molecule has 11 heteroatoms. The maximum absolute atomic E-state index is 15.1. The highest BCUT2D eigenvalue weighted by Crippen LogP contribution is 2.31. The number of fused-ring (bicyclic) bond motifs is 1. The first-order valence-electron chi connectivity index (χ1n) is 12.8. The van der Waals surface area contributed by atoms with Gasteiger partial charge in [-0.05, 0) is 23.8 Å². The SMILES string of the molecule is C=CC(=O)Nc1cccc(-c2cccc3cnc(Nc4cc(F)c(N5CCN(CCN=O)CC5)cc4F)nc23)c1. The third-order valence-electron chi connectivity index (χ3n) is 6.74. The molecule has 9 nitrogen and oxygen atoms in total. The molecular weight excluding hydrogens is 516 g/mol. The zero-order valence-corrected chi connectivity index (χ0v) is 21.6. The summed E-state index contributed by atoms with van der Waals surface area (Å²) >= 11 is 0. The molecule has 2 N–H and O–H groups in total. The average Bonchev–Trinajstić information content (AvgIpc) is 2.98. The van der Waals surface area contributed by atoms with E-state index < -0.39 is 11.6 Å². The van der Waals surface area contributed by atoms with Crippen LogP contribution in [0.5, 0.6) is 0 Å². The van der Waals surface area contributed by atoms with Crippen LogP contribution in [0.2, 0.25) is 0 Å². The van der Waals surface area contributed by atoms with Gasteiger partial charge in [0.15, 0.2) is 0 Å². The molecule has 0 unspecified atom stereocenters. The molecule has 1 amide bonds. The van der Waals surface area contributed by atoms with Crippen LogP contribution in [0.25, 0.3) is 22.0 Å². The quantitative estimate of drug-likeness (QED) is 0.217. The van der Waals surface area contributed by atoms with Gasteiger partial charge in [0.05, 0.1) is 23.4 Å². The highest BCUT2D eigenvalue weighted by Gasteiger charge is 2.21. The molecule has 40 heavy (non-hydrogen) atoms. The second kappa shape index (κ2) is 12.0. The van der Waals surface area contributed by atoms with E-state index in [-0.39, 0.29) is 29.8 Å². The van der Waals surface area contributed by atoms with Gasteiger partial charge in [-0.1, -0.05) is 42.1 Å². The summed E-state index contributed by atoms with van der Waals surface area (Å²) in [5, 5.41) is 9.20. The van der Waals surface area contributed by atoms with Gasteiger partial charge in [-0.3, -0.25) is 9.69 Å². The van der Waals surface area contributed by atoms with Gasteiger partial charge in [0.2, 0.25) is 11.9 Å². The summed E-state index contributed by atoms with van der Waals surface area (Å²) in [6, 6.07) is 15.2. The lowest BCUT2D eigenvalue weighted by Crippen LogP contribution is -2.47. The molecule has 1 aliphatic rings. The molecule has 0 aliphatic carbocycles. The molecule has 2 heterocycles. The monoisotopic (exact) mass is 543 g/mol. The molecule has 5 rings (SSSR count). The highest BCUT2D eigenvalue weighted by molar-refractivity contribution is 6.00. The highest BCUT2D eigenvalue weighted by atomic mass is 19.1. The van der Waals surface area contributed by atoms with Crippen molar-refractivity contribution in [2.24, 2.45) is 5.18 Å². The normalized spacial score (nSPS) is 13.7. The molecular formula is C29H27F2N7O2. The number of nitroso groups, excluding NO2 is 1. The number of para-hydroxylation sites is 1. The topological polar surface area (TPSA) is 103 Å². The van der Waals surface area contributed by atoms with E-state index in [0.717, 1.165) is 22.6 Å². The summed E-state index contributed by atoms with van der Waals surface area (Å²) in [7, 11) is 0. The van der Waals surface area contributed by atoms with E-state index in [9.17, 15) is 9.70 Å². The molecule has 204 valence electrons. The van der Waals surface area contributed by atoms with Crippen LogP contribution in [0.3, 0.4) is 0 Å². The Morgan fingerprint density at radius 1 is 1.05 bits per heavy atom. The van der Waals surface area contributed by atoms with Gasteiger partial charge in [-0.25, -0.2) is 18.7 Å². The maximum Gasteiger partial charge on any atom is 0.247 e. The molecule has 1 fully saturated rings. The van der Waals surface area contributed by atoms with Crippen molar-refractivity contribution in [1.29, 1.82) is 0 Å². The van der Waals surface area contributed by atoms with Gasteiger partial charge in [0.25, 0.3) is 0 Å². The van der Waals surface area contributed by atoms with Crippen LogP contribution in [0.1, 0.15) is 0 Å². The van der Waals surface area contributed by atoms with Gasteiger partial charge in [0.1, 0.15) is 11.6 Å². The summed E-state index contributed by atoms with van der Waals surface area (Å²) in [6.07, 6.45) is 2.81. The molecule has 1 saturated heterocycles. The predicted molar refractivity (Wildman–Crippen MR) is 153 cm³/mol. The standard InChI is InChI=1S/C29H27F2N7O2/c1-2-27(39)34-21-7-3-5-19(15-21)22-8-4-6-20-18-32-29(36-28(20)22)35-25-16-24(31)26(17-23(25)30)38-13-11-37(12-14-38)10-9-33-40/h2-8,15-18H,1,9-14H2,(H,34,39)(H,32,35,36). The van der Waals surface area contributed by atoms with E-state index in [1.54, 1.807) is 17.2 Å². The van der Waals surface area contributed by atoms with Gasteiger partial charge < -0.3 is 15.5 Å². The number of nitrogens with zero attached hydrogens (tertiary/aromatic N) is 5. The number of aromatic nitrogens is 2. The summed E-state index contributed by atoms with van der Waals surface area (Å²) in [5.74, 6) is -1.41. The number of piperazine rings is 1. The third kappa shape index (κ3) is 5.94.